The van der Waals surface area contributed by atoms with Crippen LogP contribution < -0.4 is 0 Å². The molecule has 0 aliphatic heterocycles. The van der Waals surface area contributed by atoms with Crippen molar-refractivity contribution in [2.45, 2.75) is 32.2 Å². The predicted octanol–water partition coefficient (Wildman–Crippen LogP) is 3.99. The van der Waals surface area contributed by atoms with E-state index < -0.39 is 0 Å². The largest absolute Gasteiger partial charge is 0.301 e. The topological polar surface area (TPSA) is 52.3 Å². The van der Waals surface area contributed by atoms with Crippen LogP contribution in [0.4, 0.5) is 0 Å². The fourth-order valence-corrected chi connectivity index (χ4v) is 3.28. The van der Waals surface area contributed by atoms with E-state index in [0.29, 0.717) is 6.54 Å². The van der Waals surface area contributed by atoms with E-state index in [4.69, 9.17) is 0 Å². The van der Waals surface area contributed by atoms with Gasteiger partial charge in [0.25, 0.3) is 0 Å². The van der Waals surface area contributed by atoms with E-state index in [0.717, 1.165) is 17.1 Å². The molecule has 2 aromatic rings. The summed E-state index contributed by atoms with van der Waals surface area (Å²) >= 11 is 1.51. The van der Waals surface area contributed by atoms with E-state index >= 15 is 0 Å². The average Bonchev–Trinajstić information content (AvgIpc) is 3.01. The fraction of sp³-hybridized carbons (Fsp3) is 0.421. The quantitative estimate of drug-likeness (QED) is 0.716. The van der Waals surface area contributed by atoms with Crippen molar-refractivity contribution in [3.8, 4) is 6.07 Å². The zero-order valence-electron chi connectivity index (χ0n) is 14.7. The Morgan fingerprint density at radius 2 is 2.04 bits per heavy atom. The Hall–Kier alpha value is -2.03. The summed E-state index contributed by atoms with van der Waals surface area (Å²) in [5.74, 6) is -0.367. The minimum atomic E-state index is -0.367. The van der Waals surface area contributed by atoms with Gasteiger partial charge < -0.3 is 4.90 Å². The number of likely N-dealkylation sites (N-methyl/N-ethyl adjacent to an activating group) is 1. The Labute approximate surface area is 148 Å². The molecule has 0 bridgehead atoms. The van der Waals surface area contributed by atoms with E-state index in [1.165, 1.54) is 22.5 Å². The highest BCUT2D eigenvalue weighted by Gasteiger charge is 2.15. The molecule has 2 rings (SSSR count). The third-order valence-corrected chi connectivity index (χ3v) is 5.02. The summed E-state index contributed by atoms with van der Waals surface area (Å²) in [6.45, 7) is 4.72. The molecule has 0 saturated heterocycles. The molecule has 4 nitrogen and oxygen atoms in total. The molecule has 0 fully saturated rings. The maximum atomic E-state index is 9.35. The lowest BCUT2D eigenvalue weighted by atomic mass is 10.0. The zero-order valence-corrected chi connectivity index (χ0v) is 15.5. The van der Waals surface area contributed by atoms with E-state index in [-0.39, 0.29) is 12.0 Å². The van der Waals surface area contributed by atoms with Gasteiger partial charge in [0.15, 0.2) is 0 Å². The summed E-state index contributed by atoms with van der Waals surface area (Å²) in [7, 11) is 4.11. The number of nitriles is 1. The molecule has 0 N–H and O–H groups in total. The van der Waals surface area contributed by atoms with Gasteiger partial charge in [0.2, 0.25) is 0 Å². The Bertz CT molecular complexity index is 710. The number of rotatable bonds is 7. The summed E-state index contributed by atoms with van der Waals surface area (Å²) in [5.41, 5.74) is 3.53. The first kappa shape index (κ1) is 18.3. The van der Waals surface area contributed by atoms with Crippen molar-refractivity contribution in [1.82, 2.24) is 9.88 Å². The van der Waals surface area contributed by atoms with Crippen molar-refractivity contribution in [2.75, 3.05) is 20.6 Å². The monoisotopic (exact) mass is 340 g/mol. The van der Waals surface area contributed by atoms with Gasteiger partial charge in [-0.3, -0.25) is 4.99 Å². The van der Waals surface area contributed by atoms with Gasteiger partial charge in [-0.15, -0.1) is 11.3 Å². The lowest BCUT2D eigenvalue weighted by Crippen LogP contribution is -2.22. The highest BCUT2D eigenvalue weighted by molar-refractivity contribution is 7.09. The van der Waals surface area contributed by atoms with Crippen molar-refractivity contribution in [1.29, 1.82) is 5.26 Å². The van der Waals surface area contributed by atoms with Crippen LogP contribution in [0.25, 0.3) is 0 Å². The van der Waals surface area contributed by atoms with Gasteiger partial charge >= 0.3 is 0 Å². The van der Waals surface area contributed by atoms with Crippen LogP contribution in [0, 0.1) is 18.3 Å². The number of aryl methyl sites for hydroxylation is 2. The first-order chi connectivity index (χ1) is 11.5. The Morgan fingerprint density at radius 1 is 1.33 bits per heavy atom. The smallest absolute Gasteiger partial charge is 0.133 e. The average molecular weight is 340 g/mol. The number of hydrogen-bond acceptors (Lipinski definition) is 5. The number of benzene rings is 1. The molecule has 0 amide bonds. The van der Waals surface area contributed by atoms with Crippen molar-refractivity contribution in [3.05, 3.63) is 51.5 Å². The molecule has 1 aromatic heterocycles. The van der Waals surface area contributed by atoms with Gasteiger partial charge in [-0.2, -0.15) is 5.26 Å². The zero-order chi connectivity index (χ0) is 17.5. The maximum Gasteiger partial charge on any atom is 0.133 e. The Balaban J connectivity index is 2.08. The highest BCUT2D eigenvalue weighted by Crippen LogP contribution is 2.21. The highest BCUT2D eigenvalue weighted by atomic mass is 32.1. The third kappa shape index (κ3) is 4.73. The molecular weight excluding hydrogens is 316 g/mol. The second-order valence-electron chi connectivity index (χ2n) is 6.02. The van der Waals surface area contributed by atoms with Crippen molar-refractivity contribution in [2.24, 2.45) is 4.99 Å². The lowest BCUT2D eigenvalue weighted by Gasteiger charge is -2.23. The van der Waals surface area contributed by atoms with E-state index in [1.54, 1.807) is 6.21 Å². The molecule has 1 aromatic carbocycles. The van der Waals surface area contributed by atoms with Gasteiger partial charge in [0.05, 0.1) is 18.7 Å². The fourth-order valence-electron chi connectivity index (χ4n) is 2.48. The molecule has 5 heteroatoms. The van der Waals surface area contributed by atoms with Crippen LogP contribution in [-0.4, -0.2) is 36.7 Å². The Kier molecular flexibility index (Phi) is 6.65. The molecule has 1 unspecified atom stereocenters. The first-order valence-electron chi connectivity index (χ1n) is 8.12. The second kappa shape index (κ2) is 8.72. The molecule has 1 heterocycles. The van der Waals surface area contributed by atoms with Gasteiger partial charge in [0.1, 0.15) is 10.9 Å². The standard InChI is InChI=1S/C19H24N4S/c1-5-15-6-8-16(9-7-15)18(23(3)4)12-21-11-17(10-20)19-22-14(2)13-24-19/h6-9,11,13,17-18H,5,12H2,1-4H3/t17?,18-/m1/s1. The van der Waals surface area contributed by atoms with Crippen molar-refractivity contribution >= 4 is 17.6 Å². The molecule has 0 aliphatic carbocycles. The lowest BCUT2D eigenvalue weighted by molar-refractivity contribution is 0.307. The summed E-state index contributed by atoms with van der Waals surface area (Å²) in [6.07, 6.45) is 2.78. The SMILES string of the molecule is CCc1ccc([C@@H](CN=CC(C#N)c2nc(C)cs2)N(C)C)cc1. The summed E-state index contributed by atoms with van der Waals surface area (Å²) in [4.78, 5) is 11.1. The molecule has 2 atom stereocenters. The number of thiazole rings is 1. The maximum absolute atomic E-state index is 9.35. The summed E-state index contributed by atoms with van der Waals surface area (Å²) < 4.78 is 0. The van der Waals surface area contributed by atoms with Gasteiger partial charge in [-0.25, -0.2) is 4.98 Å². The molecular formula is C19H24N4S. The van der Waals surface area contributed by atoms with Crippen LogP contribution in [0.5, 0.6) is 0 Å². The number of nitrogens with zero attached hydrogens (tertiary/aromatic N) is 4. The summed E-state index contributed by atoms with van der Waals surface area (Å²) in [6, 6.07) is 11.2. The molecule has 0 aliphatic rings. The number of hydrogen-bond donors (Lipinski definition) is 0. The van der Waals surface area contributed by atoms with E-state index in [2.05, 4.69) is 66.2 Å². The number of aromatic nitrogens is 1. The number of aliphatic imine (C=N–C) groups is 1. The molecule has 0 saturated carbocycles. The third-order valence-electron chi connectivity index (χ3n) is 3.97. The van der Waals surface area contributed by atoms with Gasteiger partial charge in [-0.1, -0.05) is 31.2 Å². The van der Waals surface area contributed by atoms with E-state index in [9.17, 15) is 5.26 Å². The normalized spacial score (nSPS) is 14.0. The predicted molar refractivity (Wildman–Crippen MR) is 101 cm³/mol. The Morgan fingerprint density at radius 3 is 2.54 bits per heavy atom. The van der Waals surface area contributed by atoms with Crippen molar-refractivity contribution < 1.29 is 0 Å². The second-order valence-corrected chi connectivity index (χ2v) is 6.91. The van der Waals surface area contributed by atoms with Gasteiger partial charge in [-0.05, 0) is 38.6 Å². The van der Waals surface area contributed by atoms with Gasteiger partial charge in [0, 0.05) is 17.3 Å². The summed E-state index contributed by atoms with van der Waals surface area (Å²) in [5, 5.41) is 12.1. The van der Waals surface area contributed by atoms with Crippen LogP contribution in [-0.2, 0) is 6.42 Å². The van der Waals surface area contributed by atoms with Crippen LogP contribution >= 0.6 is 11.3 Å². The van der Waals surface area contributed by atoms with E-state index in [1.807, 2.05) is 12.3 Å². The van der Waals surface area contributed by atoms with Crippen LogP contribution in [0.2, 0.25) is 0 Å². The molecule has 0 spiro atoms. The van der Waals surface area contributed by atoms with Crippen LogP contribution in [0.3, 0.4) is 0 Å². The minimum absolute atomic E-state index is 0.199. The molecule has 24 heavy (non-hydrogen) atoms. The van der Waals surface area contributed by atoms with Crippen molar-refractivity contribution in [3.63, 3.8) is 0 Å². The van der Waals surface area contributed by atoms with Crippen LogP contribution in [0.1, 0.15) is 40.7 Å². The first-order valence-corrected chi connectivity index (χ1v) is 9.00. The van der Waals surface area contributed by atoms with Crippen LogP contribution in [0.15, 0.2) is 34.6 Å². The molecule has 0 radical (unpaired) electrons. The molecule has 126 valence electrons. The minimum Gasteiger partial charge on any atom is -0.301 e.